The Morgan fingerprint density at radius 1 is 0.885 bits per heavy atom. The Balaban J connectivity index is 1.54. The highest BCUT2D eigenvalue weighted by Crippen LogP contribution is 2.40. The van der Waals surface area contributed by atoms with Gasteiger partial charge < -0.3 is 10.6 Å². The lowest BCUT2D eigenvalue weighted by molar-refractivity contribution is -0.137. The number of rotatable bonds is 4. The van der Waals surface area contributed by atoms with E-state index < -0.39 is 41.2 Å². The molecular formula is C18H14F4N2O2. The fourth-order valence-corrected chi connectivity index (χ4v) is 2.55. The van der Waals surface area contributed by atoms with Gasteiger partial charge in [0.1, 0.15) is 5.82 Å². The molecule has 3 rings (SSSR count). The number of amides is 2. The third kappa shape index (κ3) is 4.19. The van der Waals surface area contributed by atoms with Gasteiger partial charge in [-0.15, -0.1) is 0 Å². The van der Waals surface area contributed by atoms with E-state index in [1.54, 1.807) is 0 Å². The summed E-state index contributed by atoms with van der Waals surface area (Å²) in [7, 11) is 0. The molecule has 26 heavy (non-hydrogen) atoms. The summed E-state index contributed by atoms with van der Waals surface area (Å²) in [6.45, 7) is 0. The lowest BCUT2D eigenvalue weighted by Gasteiger charge is -2.09. The molecule has 0 spiro atoms. The second-order valence-corrected chi connectivity index (χ2v) is 6.01. The molecule has 1 fully saturated rings. The van der Waals surface area contributed by atoms with Crippen molar-refractivity contribution in [3.05, 3.63) is 59.9 Å². The summed E-state index contributed by atoms with van der Waals surface area (Å²) in [4.78, 5) is 24.2. The summed E-state index contributed by atoms with van der Waals surface area (Å²) in [6, 6.07) is 9.45. The first-order valence-electron chi connectivity index (χ1n) is 7.78. The van der Waals surface area contributed by atoms with Crippen LogP contribution in [0.1, 0.15) is 12.0 Å². The van der Waals surface area contributed by atoms with E-state index in [1.165, 1.54) is 18.2 Å². The van der Waals surface area contributed by atoms with Crippen molar-refractivity contribution in [1.82, 2.24) is 0 Å². The molecule has 0 bridgehead atoms. The number of halogens is 4. The quantitative estimate of drug-likeness (QED) is 0.802. The number of anilines is 2. The monoisotopic (exact) mass is 366 g/mol. The van der Waals surface area contributed by atoms with E-state index >= 15 is 0 Å². The zero-order valence-corrected chi connectivity index (χ0v) is 13.3. The normalized spacial score (nSPS) is 18.9. The zero-order valence-electron chi connectivity index (χ0n) is 13.3. The molecule has 0 saturated heterocycles. The van der Waals surface area contributed by atoms with Crippen LogP contribution in [0.2, 0.25) is 0 Å². The highest BCUT2D eigenvalue weighted by atomic mass is 19.4. The summed E-state index contributed by atoms with van der Waals surface area (Å²) < 4.78 is 50.6. The molecule has 4 nitrogen and oxygen atoms in total. The van der Waals surface area contributed by atoms with Crippen molar-refractivity contribution in [3.63, 3.8) is 0 Å². The molecule has 1 aliphatic rings. The molecule has 1 aliphatic carbocycles. The number of hydrogen-bond acceptors (Lipinski definition) is 2. The lowest BCUT2D eigenvalue weighted by atomic mass is 10.2. The van der Waals surface area contributed by atoms with Crippen LogP contribution in [-0.4, -0.2) is 11.8 Å². The highest BCUT2D eigenvalue weighted by molar-refractivity contribution is 6.03. The fraction of sp³-hybridized carbons (Fsp3) is 0.222. The van der Waals surface area contributed by atoms with Crippen molar-refractivity contribution in [1.29, 1.82) is 0 Å². The SMILES string of the molecule is O=C(Nc1ccc(C(F)(F)F)cc1)C1CC1C(=O)Nc1cccc(F)c1. The van der Waals surface area contributed by atoms with Gasteiger partial charge in [-0.05, 0) is 48.9 Å². The number of carbonyl (C=O) groups is 2. The van der Waals surface area contributed by atoms with Gasteiger partial charge >= 0.3 is 6.18 Å². The number of benzene rings is 2. The molecule has 2 amide bonds. The van der Waals surface area contributed by atoms with Crippen LogP contribution in [0.25, 0.3) is 0 Å². The van der Waals surface area contributed by atoms with Crippen molar-refractivity contribution in [3.8, 4) is 0 Å². The average molecular weight is 366 g/mol. The molecule has 0 aliphatic heterocycles. The van der Waals surface area contributed by atoms with Crippen molar-refractivity contribution in [2.24, 2.45) is 11.8 Å². The van der Waals surface area contributed by atoms with E-state index in [4.69, 9.17) is 0 Å². The third-order valence-corrected chi connectivity index (χ3v) is 4.04. The largest absolute Gasteiger partial charge is 0.416 e. The number of alkyl halides is 3. The second kappa shape index (κ2) is 6.78. The molecule has 0 heterocycles. The van der Waals surface area contributed by atoms with Gasteiger partial charge in [0.2, 0.25) is 11.8 Å². The smallest absolute Gasteiger partial charge is 0.326 e. The third-order valence-electron chi connectivity index (χ3n) is 4.04. The standard InChI is InChI=1S/C18H14F4N2O2/c19-11-2-1-3-13(8-11)24-17(26)15-9-14(15)16(25)23-12-6-4-10(5-7-12)18(20,21)22/h1-8,14-15H,9H2,(H,23,25)(H,24,26). The summed E-state index contributed by atoms with van der Waals surface area (Å²) in [5, 5.41) is 5.03. The molecule has 2 N–H and O–H groups in total. The van der Waals surface area contributed by atoms with E-state index in [1.807, 2.05) is 0 Å². The molecule has 2 unspecified atom stereocenters. The van der Waals surface area contributed by atoms with Crippen LogP contribution < -0.4 is 10.6 Å². The Kier molecular flexibility index (Phi) is 4.67. The van der Waals surface area contributed by atoms with Crippen LogP contribution in [0.4, 0.5) is 28.9 Å². The molecule has 0 radical (unpaired) electrons. The van der Waals surface area contributed by atoms with Crippen molar-refractivity contribution in [2.75, 3.05) is 10.6 Å². The molecular weight excluding hydrogens is 352 g/mol. The van der Waals surface area contributed by atoms with Gasteiger partial charge in [-0.1, -0.05) is 6.07 Å². The zero-order chi connectivity index (χ0) is 18.9. The van der Waals surface area contributed by atoms with Gasteiger partial charge in [-0.25, -0.2) is 4.39 Å². The second-order valence-electron chi connectivity index (χ2n) is 6.01. The topological polar surface area (TPSA) is 58.2 Å². The van der Waals surface area contributed by atoms with Gasteiger partial charge in [0.05, 0.1) is 17.4 Å². The number of hydrogen-bond donors (Lipinski definition) is 2. The molecule has 1 saturated carbocycles. The Labute approximate surface area is 146 Å². The van der Waals surface area contributed by atoms with E-state index in [9.17, 15) is 27.2 Å². The maximum Gasteiger partial charge on any atom is 0.416 e. The number of nitrogens with one attached hydrogen (secondary N) is 2. The van der Waals surface area contributed by atoms with Gasteiger partial charge in [0.25, 0.3) is 0 Å². The molecule has 0 aromatic heterocycles. The lowest BCUT2D eigenvalue weighted by Crippen LogP contribution is -2.20. The fourth-order valence-electron chi connectivity index (χ4n) is 2.55. The summed E-state index contributed by atoms with van der Waals surface area (Å²) in [6.07, 6.45) is -4.12. The minimum absolute atomic E-state index is 0.221. The Hall–Kier alpha value is -2.90. The Morgan fingerprint density at radius 3 is 2.00 bits per heavy atom. The van der Waals surface area contributed by atoms with Gasteiger partial charge in [0, 0.05) is 11.4 Å². The predicted molar refractivity (Wildman–Crippen MR) is 86.7 cm³/mol. The van der Waals surface area contributed by atoms with E-state index in [2.05, 4.69) is 10.6 Å². The summed E-state index contributed by atoms with van der Waals surface area (Å²) in [5.74, 6) is -2.44. The predicted octanol–water partition coefficient (Wildman–Crippen LogP) is 4.06. The van der Waals surface area contributed by atoms with Crippen LogP contribution in [0.3, 0.4) is 0 Å². The van der Waals surface area contributed by atoms with Crippen LogP contribution >= 0.6 is 0 Å². The van der Waals surface area contributed by atoms with Gasteiger partial charge in [-0.3, -0.25) is 9.59 Å². The maximum atomic E-state index is 13.1. The molecule has 2 aromatic carbocycles. The minimum Gasteiger partial charge on any atom is -0.326 e. The summed E-state index contributed by atoms with van der Waals surface area (Å²) >= 11 is 0. The summed E-state index contributed by atoms with van der Waals surface area (Å²) in [5.41, 5.74) is -0.294. The Bertz CT molecular complexity index is 834. The Morgan fingerprint density at radius 2 is 1.46 bits per heavy atom. The maximum absolute atomic E-state index is 13.1. The first-order chi connectivity index (χ1) is 12.2. The molecule has 8 heteroatoms. The first kappa shape index (κ1) is 17.9. The van der Waals surface area contributed by atoms with E-state index in [0.717, 1.165) is 30.3 Å². The van der Waals surface area contributed by atoms with Crippen LogP contribution in [-0.2, 0) is 15.8 Å². The van der Waals surface area contributed by atoms with Crippen LogP contribution in [0, 0.1) is 17.7 Å². The average Bonchev–Trinajstić information content (AvgIpc) is 3.35. The highest BCUT2D eigenvalue weighted by Gasteiger charge is 2.48. The van der Waals surface area contributed by atoms with Crippen molar-refractivity contribution in [2.45, 2.75) is 12.6 Å². The van der Waals surface area contributed by atoms with Crippen LogP contribution in [0.15, 0.2) is 48.5 Å². The molecule has 136 valence electrons. The van der Waals surface area contributed by atoms with E-state index in [0.29, 0.717) is 12.1 Å². The van der Waals surface area contributed by atoms with Crippen molar-refractivity contribution >= 4 is 23.2 Å². The van der Waals surface area contributed by atoms with Gasteiger partial charge in [0.15, 0.2) is 0 Å². The minimum atomic E-state index is -4.45. The van der Waals surface area contributed by atoms with Crippen molar-refractivity contribution < 1.29 is 27.2 Å². The van der Waals surface area contributed by atoms with Crippen LogP contribution in [0.5, 0.6) is 0 Å². The van der Waals surface area contributed by atoms with E-state index in [-0.39, 0.29) is 5.69 Å². The first-order valence-corrected chi connectivity index (χ1v) is 7.78. The number of carbonyl (C=O) groups excluding carboxylic acids is 2. The molecule has 2 aromatic rings. The molecule has 2 atom stereocenters. The van der Waals surface area contributed by atoms with Gasteiger partial charge in [-0.2, -0.15) is 13.2 Å².